The summed E-state index contributed by atoms with van der Waals surface area (Å²) in [5.74, 6) is 0.676. The van der Waals surface area contributed by atoms with Crippen LogP contribution in [-0.4, -0.2) is 5.78 Å². The maximum Gasteiger partial charge on any atom is 0.263 e. The summed E-state index contributed by atoms with van der Waals surface area (Å²) in [5.41, 5.74) is 6.05. The van der Waals surface area contributed by atoms with Crippen LogP contribution in [0.1, 0.15) is 22.1 Å². The quantitative estimate of drug-likeness (QED) is 0.744. The van der Waals surface area contributed by atoms with Crippen LogP contribution in [0, 0.1) is 0 Å². The second-order valence-electron chi connectivity index (χ2n) is 4.09. The molecule has 0 spiro atoms. The van der Waals surface area contributed by atoms with Gasteiger partial charge in [-0.1, -0.05) is 11.6 Å². The molecule has 0 bridgehead atoms. The van der Waals surface area contributed by atoms with Crippen LogP contribution in [0.15, 0.2) is 45.2 Å². The summed E-state index contributed by atoms with van der Waals surface area (Å²) in [5, 5.41) is 1.37. The van der Waals surface area contributed by atoms with Gasteiger partial charge in [-0.3, -0.25) is 4.79 Å². The Labute approximate surface area is 113 Å². The van der Waals surface area contributed by atoms with Crippen LogP contribution < -0.4 is 5.73 Å². The molecule has 2 heterocycles. The molecule has 0 radical (unpaired) electrons. The fourth-order valence-corrected chi connectivity index (χ4v) is 2.04. The van der Waals surface area contributed by atoms with E-state index in [4.69, 9.17) is 26.2 Å². The Kier molecular flexibility index (Phi) is 2.89. The SMILES string of the molecule is NCc1ccc(C(=O)c2cc3cc(Cl)ccc3o2)o1. The third-order valence-corrected chi connectivity index (χ3v) is 3.02. The van der Waals surface area contributed by atoms with Crippen molar-refractivity contribution < 1.29 is 13.6 Å². The minimum atomic E-state index is -0.313. The fourth-order valence-electron chi connectivity index (χ4n) is 1.86. The normalized spacial score (nSPS) is 11.1. The second-order valence-corrected chi connectivity index (χ2v) is 4.53. The average Bonchev–Trinajstić information content (AvgIpc) is 3.03. The van der Waals surface area contributed by atoms with Gasteiger partial charge >= 0.3 is 0 Å². The van der Waals surface area contributed by atoms with Crippen molar-refractivity contribution in [2.75, 3.05) is 0 Å². The maximum absolute atomic E-state index is 12.2. The fraction of sp³-hybridized carbons (Fsp3) is 0.0714. The van der Waals surface area contributed by atoms with Gasteiger partial charge in [-0.05, 0) is 36.4 Å². The van der Waals surface area contributed by atoms with Gasteiger partial charge in [-0.25, -0.2) is 0 Å². The molecule has 0 fully saturated rings. The smallest absolute Gasteiger partial charge is 0.263 e. The molecule has 2 N–H and O–H groups in total. The molecule has 3 rings (SSSR count). The topological polar surface area (TPSA) is 69.4 Å². The lowest BCUT2D eigenvalue weighted by Gasteiger charge is -1.92. The number of benzene rings is 1. The van der Waals surface area contributed by atoms with Gasteiger partial charge in [0.05, 0.1) is 6.54 Å². The molecular formula is C14H10ClNO3. The van der Waals surface area contributed by atoms with E-state index < -0.39 is 0 Å². The van der Waals surface area contributed by atoms with Gasteiger partial charge in [-0.2, -0.15) is 0 Å². The number of carbonyl (C=O) groups excluding carboxylic acids is 1. The van der Waals surface area contributed by atoms with Gasteiger partial charge in [-0.15, -0.1) is 0 Å². The third kappa shape index (κ3) is 2.16. The van der Waals surface area contributed by atoms with Crippen LogP contribution in [0.2, 0.25) is 5.02 Å². The van der Waals surface area contributed by atoms with Gasteiger partial charge in [0.15, 0.2) is 11.5 Å². The lowest BCUT2D eigenvalue weighted by Crippen LogP contribution is -1.98. The van der Waals surface area contributed by atoms with Crippen molar-refractivity contribution in [2.45, 2.75) is 6.54 Å². The van der Waals surface area contributed by atoms with Gasteiger partial charge in [0.2, 0.25) is 0 Å². The molecule has 0 amide bonds. The second kappa shape index (κ2) is 4.57. The molecular weight excluding hydrogens is 266 g/mol. The highest BCUT2D eigenvalue weighted by atomic mass is 35.5. The zero-order chi connectivity index (χ0) is 13.4. The third-order valence-electron chi connectivity index (χ3n) is 2.79. The molecule has 5 heteroatoms. The number of halogens is 1. The average molecular weight is 276 g/mol. The molecule has 2 aromatic heterocycles. The highest BCUT2D eigenvalue weighted by Crippen LogP contribution is 2.25. The summed E-state index contributed by atoms with van der Waals surface area (Å²) in [6, 6.07) is 10.1. The molecule has 19 heavy (non-hydrogen) atoms. The Morgan fingerprint density at radius 3 is 2.68 bits per heavy atom. The number of nitrogens with two attached hydrogens (primary N) is 1. The van der Waals surface area contributed by atoms with E-state index in [1.54, 1.807) is 36.4 Å². The van der Waals surface area contributed by atoms with Crippen LogP contribution in [0.3, 0.4) is 0 Å². The highest BCUT2D eigenvalue weighted by molar-refractivity contribution is 6.31. The first-order valence-electron chi connectivity index (χ1n) is 5.70. The first kappa shape index (κ1) is 12.0. The molecule has 96 valence electrons. The molecule has 0 saturated heterocycles. The Morgan fingerprint density at radius 1 is 1.11 bits per heavy atom. The Bertz CT molecular complexity index is 757. The molecule has 0 saturated carbocycles. The number of ketones is 1. The number of fused-ring (bicyclic) bond motifs is 1. The van der Waals surface area contributed by atoms with E-state index in [0.717, 1.165) is 5.39 Å². The largest absolute Gasteiger partial charge is 0.456 e. The minimum absolute atomic E-state index is 0.214. The molecule has 0 aliphatic heterocycles. The maximum atomic E-state index is 12.2. The van der Waals surface area contributed by atoms with E-state index in [1.165, 1.54) is 0 Å². The van der Waals surface area contributed by atoms with E-state index in [1.807, 2.05) is 0 Å². The molecule has 0 atom stereocenters. The summed E-state index contributed by atoms with van der Waals surface area (Å²) in [7, 11) is 0. The van der Waals surface area contributed by atoms with Gasteiger partial charge in [0.1, 0.15) is 11.3 Å². The number of carbonyl (C=O) groups is 1. The van der Waals surface area contributed by atoms with Gasteiger partial charge < -0.3 is 14.6 Å². The van der Waals surface area contributed by atoms with Crippen LogP contribution in [0.25, 0.3) is 11.0 Å². The lowest BCUT2D eigenvalue weighted by atomic mass is 10.2. The molecule has 4 nitrogen and oxygen atoms in total. The summed E-state index contributed by atoms with van der Waals surface area (Å²) in [6.07, 6.45) is 0. The lowest BCUT2D eigenvalue weighted by molar-refractivity contribution is 0.0983. The molecule has 3 aromatic rings. The van der Waals surface area contributed by atoms with Crippen molar-refractivity contribution in [3.05, 3.63) is 58.7 Å². The highest BCUT2D eigenvalue weighted by Gasteiger charge is 2.18. The predicted octanol–water partition coefficient (Wildman–Crippen LogP) is 3.37. The van der Waals surface area contributed by atoms with Crippen molar-refractivity contribution >= 4 is 28.4 Å². The minimum Gasteiger partial charge on any atom is -0.456 e. The summed E-state index contributed by atoms with van der Waals surface area (Å²) in [6.45, 7) is 0.253. The Balaban J connectivity index is 2.01. The summed E-state index contributed by atoms with van der Waals surface area (Å²) >= 11 is 5.89. The monoisotopic (exact) mass is 275 g/mol. The summed E-state index contributed by atoms with van der Waals surface area (Å²) < 4.78 is 10.8. The van der Waals surface area contributed by atoms with Crippen LogP contribution in [0.4, 0.5) is 0 Å². The van der Waals surface area contributed by atoms with Crippen LogP contribution >= 0.6 is 11.6 Å². The first-order valence-corrected chi connectivity index (χ1v) is 6.08. The van der Waals surface area contributed by atoms with E-state index in [2.05, 4.69) is 0 Å². The first-order chi connectivity index (χ1) is 9.17. The molecule has 0 aliphatic carbocycles. The number of rotatable bonds is 3. The van der Waals surface area contributed by atoms with Crippen molar-refractivity contribution in [3.63, 3.8) is 0 Å². The van der Waals surface area contributed by atoms with Crippen LogP contribution in [0.5, 0.6) is 0 Å². The van der Waals surface area contributed by atoms with E-state index >= 15 is 0 Å². The van der Waals surface area contributed by atoms with E-state index in [-0.39, 0.29) is 23.8 Å². The van der Waals surface area contributed by atoms with Crippen LogP contribution in [-0.2, 0) is 6.54 Å². The van der Waals surface area contributed by atoms with Crippen molar-refractivity contribution in [1.82, 2.24) is 0 Å². The molecule has 0 aliphatic rings. The van der Waals surface area contributed by atoms with Gasteiger partial charge in [0, 0.05) is 10.4 Å². The number of furan rings is 2. The Morgan fingerprint density at radius 2 is 1.95 bits per heavy atom. The zero-order valence-electron chi connectivity index (χ0n) is 9.85. The van der Waals surface area contributed by atoms with E-state index in [0.29, 0.717) is 16.4 Å². The standard InChI is InChI=1S/C14H10ClNO3/c15-9-1-3-11-8(5-9)6-13(19-11)14(17)12-4-2-10(7-16)18-12/h1-6H,7,16H2. The van der Waals surface area contributed by atoms with Crippen molar-refractivity contribution in [2.24, 2.45) is 5.73 Å². The Hall–Kier alpha value is -2.04. The predicted molar refractivity (Wildman–Crippen MR) is 71.3 cm³/mol. The zero-order valence-corrected chi connectivity index (χ0v) is 10.6. The van der Waals surface area contributed by atoms with Gasteiger partial charge in [0.25, 0.3) is 5.78 Å². The van der Waals surface area contributed by atoms with E-state index in [9.17, 15) is 4.79 Å². The number of hydrogen-bond acceptors (Lipinski definition) is 4. The summed E-state index contributed by atoms with van der Waals surface area (Å²) in [4.78, 5) is 12.2. The molecule has 0 unspecified atom stereocenters. The van der Waals surface area contributed by atoms with Crippen molar-refractivity contribution in [3.8, 4) is 0 Å². The number of hydrogen-bond donors (Lipinski definition) is 1. The molecule has 1 aromatic carbocycles. The van der Waals surface area contributed by atoms with Crippen molar-refractivity contribution in [1.29, 1.82) is 0 Å².